The van der Waals surface area contributed by atoms with Gasteiger partial charge in [0, 0.05) is 25.3 Å². The van der Waals surface area contributed by atoms with Gasteiger partial charge in [-0.05, 0) is 39.3 Å². The first-order valence-corrected chi connectivity index (χ1v) is 6.53. The third-order valence-corrected chi connectivity index (χ3v) is 3.33. The summed E-state index contributed by atoms with van der Waals surface area (Å²) in [5, 5.41) is 0. The van der Waals surface area contributed by atoms with Crippen LogP contribution in [0, 0.1) is 6.92 Å². The number of anilines is 1. The van der Waals surface area contributed by atoms with Crippen LogP contribution < -0.4 is 4.90 Å². The molecule has 1 aromatic carbocycles. The summed E-state index contributed by atoms with van der Waals surface area (Å²) in [6.07, 6.45) is 0. The number of carbonyl (C=O) groups excluding carboxylic acids is 1. The van der Waals surface area contributed by atoms with E-state index in [1.165, 1.54) is 5.56 Å². The summed E-state index contributed by atoms with van der Waals surface area (Å²) in [7, 11) is 1.86. The minimum atomic E-state index is 0.162. The molecule has 0 saturated carbocycles. The zero-order chi connectivity index (χ0) is 13.7. The van der Waals surface area contributed by atoms with Crippen LogP contribution in [0.2, 0.25) is 0 Å². The molecule has 18 heavy (non-hydrogen) atoms. The highest BCUT2D eigenvalue weighted by Crippen LogP contribution is 2.19. The molecule has 0 saturated heterocycles. The molecule has 0 atom stereocenters. The van der Waals surface area contributed by atoms with Gasteiger partial charge in [0.1, 0.15) is 0 Å². The molecule has 1 aromatic rings. The van der Waals surface area contributed by atoms with Gasteiger partial charge in [-0.15, -0.1) is 0 Å². The van der Waals surface area contributed by atoms with Crippen LogP contribution >= 0.6 is 0 Å². The molecule has 1 amide bonds. The molecule has 0 unspecified atom stereocenters. The summed E-state index contributed by atoms with van der Waals surface area (Å²) >= 11 is 0. The molecule has 0 radical (unpaired) electrons. The molecule has 0 aromatic heterocycles. The van der Waals surface area contributed by atoms with Crippen molar-refractivity contribution in [2.75, 3.05) is 25.0 Å². The number of hydrogen-bond acceptors (Lipinski definition) is 2. The molecular weight excluding hydrogens is 224 g/mol. The van der Waals surface area contributed by atoms with Gasteiger partial charge in [0.2, 0.25) is 5.91 Å². The Labute approximate surface area is 110 Å². The number of hydrogen-bond donors (Lipinski definition) is 0. The Bertz CT molecular complexity index is 401. The van der Waals surface area contributed by atoms with Gasteiger partial charge in [-0.3, -0.25) is 4.79 Å². The van der Waals surface area contributed by atoms with Crippen LogP contribution in [0.25, 0.3) is 0 Å². The van der Waals surface area contributed by atoms with Gasteiger partial charge < -0.3 is 9.80 Å². The average Bonchev–Trinajstić information content (AvgIpc) is 2.35. The molecule has 0 aliphatic heterocycles. The van der Waals surface area contributed by atoms with E-state index in [-0.39, 0.29) is 11.9 Å². The predicted octanol–water partition coefficient (Wildman–Crippen LogP) is 2.69. The maximum absolute atomic E-state index is 12.1. The third kappa shape index (κ3) is 3.49. The standard InChI is InChI=1S/C15H24N2O/c1-6-17(11-15(18)16(5)12(2)3)14-10-8-7-9-13(14)4/h7-10,12H,6,11H2,1-5H3. The van der Waals surface area contributed by atoms with Crippen molar-refractivity contribution in [3.8, 4) is 0 Å². The highest BCUT2D eigenvalue weighted by Gasteiger charge is 2.16. The van der Waals surface area contributed by atoms with E-state index in [2.05, 4.69) is 30.9 Å². The Morgan fingerprint density at radius 2 is 1.89 bits per heavy atom. The molecule has 0 bridgehead atoms. The third-order valence-electron chi connectivity index (χ3n) is 3.33. The van der Waals surface area contributed by atoms with E-state index in [4.69, 9.17) is 0 Å². The smallest absolute Gasteiger partial charge is 0.242 e. The second-order valence-electron chi connectivity index (χ2n) is 4.90. The fraction of sp³-hybridized carbons (Fsp3) is 0.533. The highest BCUT2D eigenvalue weighted by atomic mass is 16.2. The molecule has 1 rings (SSSR count). The van der Waals surface area contributed by atoms with Gasteiger partial charge in [-0.1, -0.05) is 18.2 Å². The molecular formula is C15H24N2O. The highest BCUT2D eigenvalue weighted by molar-refractivity contribution is 5.81. The van der Waals surface area contributed by atoms with Gasteiger partial charge >= 0.3 is 0 Å². The quantitative estimate of drug-likeness (QED) is 0.800. The van der Waals surface area contributed by atoms with E-state index in [1.54, 1.807) is 4.90 Å². The van der Waals surface area contributed by atoms with E-state index < -0.39 is 0 Å². The van der Waals surface area contributed by atoms with Crippen LogP contribution in [-0.4, -0.2) is 37.0 Å². The first-order valence-electron chi connectivity index (χ1n) is 6.53. The molecule has 100 valence electrons. The molecule has 0 N–H and O–H groups in total. The topological polar surface area (TPSA) is 23.6 Å². The summed E-state index contributed by atoms with van der Waals surface area (Å²) in [5.41, 5.74) is 2.35. The van der Waals surface area contributed by atoms with Crippen molar-refractivity contribution in [1.82, 2.24) is 4.90 Å². The first kappa shape index (κ1) is 14.6. The van der Waals surface area contributed by atoms with Gasteiger partial charge in [0.15, 0.2) is 0 Å². The van der Waals surface area contributed by atoms with Crippen molar-refractivity contribution in [2.45, 2.75) is 33.7 Å². The largest absolute Gasteiger partial charge is 0.362 e. The van der Waals surface area contributed by atoms with Crippen LogP contribution in [0.15, 0.2) is 24.3 Å². The maximum atomic E-state index is 12.1. The van der Waals surface area contributed by atoms with Crippen molar-refractivity contribution < 1.29 is 4.79 Å². The van der Waals surface area contributed by atoms with E-state index in [9.17, 15) is 4.79 Å². The first-order chi connectivity index (χ1) is 8.47. The molecule has 0 aliphatic carbocycles. The lowest BCUT2D eigenvalue weighted by molar-refractivity contribution is -0.129. The van der Waals surface area contributed by atoms with Crippen LogP contribution in [0.4, 0.5) is 5.69 Å². The van der Waals surface area contributed by atoms with Crippen LogP contribution in [0.1, 0.15) is 26.3 Å². The molecule has 3 nitrogen and oxygen atoms in total. The fourth-order valence-corrected chi connectivity index (χ4v) is 1.85. The number of aryl methyl sites for hydroxylation is 1. The normalized spacial score (nSPS) is 10.6. The summed E-state index contributed by atoms with van der Waals surface area (Å²) < 4.78 is 0. The van der Waals surface area contributed by atoms with Crippen LogP contribution in [0.5, 0.6) is 0 Å². The summed E-state index contributed by atoms with van der Waals surface area (Å²) in [5.74, 6) is 0.162. The van der Waals surface area contributed by atoms with E-state index >= 15 is 0 Å². The minimum absolute atomic E-state index is 0.162. The number of para-hydroxylation sites is 1. The molecule has 3 heteroatoms. The number of rotatable bonds is 5. The Balaban J connectivity index is 2.80. The molecule has 0 aliphatic rings. The minimum Gasteiger partial charge on any atom is -0.362 e. The van der Waals surface area contributed by atoms with E-state index in [0.717, 1.165) is 12.2 Å². The number of amides is 1. The van der Waals surface area contributed by atoms with Crippen molar-refractivity contribution >= 4 is 11.6 Å². The predicted molar refractivity (Wildman–Crippen MR) is 77.0 cm³/mol. The number of nitrogens with zero attached hydrogens (tertiary/aromatic N) is 2. The number of likely N-dealkylation sites (N-methyl/N-ethyl adjacent to an activating group) is 2. The lowest BCUT2D eigenvalue weighted by Crippen LogP contribution is -2.41. The Kier molecular flexibility index (Phi) is 5.20. The monoisotopic (exact) mass is 248 g/mol. The molecule has 0 fully saturated rings. The van der Waals surface area contributed by atoms with Gasteiger partial charge in [-0.2, -0.15) is 0 Å². The van der Waals surface area contributed by atoms with Crippen LogP contribution in [0.3, 0.4) is 0 Å². The number of benzene rings is 1. The van der Waals surface area contributed by atoms with Gasteiger partial charge in [0.25, 0.3) is 0 Å². The second kappa shape index (κ2) is 6.43. The number of carbonyl (C=O) groups is 1. The van der Waals surface area contributed by atoms with Crippen molar-refractivity contribution in [2.24, 2.45) is 0 Å². The Morgan fingerprint density at radius 3 is 2.39 bits per heavy atom. The molecule has 0 heterocycles. The van der Waals surface area contributed by atoms with Crippen LogP contribution in [-0.2, 0) is 4.79 Å². The zero-order valence-corrected chi connectivity index (χ0v) is 12.1. The lowest BCUT2D eigenvalue weighted by Gasteiger charge is -2.28. The van der Waals surface area contributed by atoms with E-state index in [1.807, 2.05) is 33.0 Å². The van der Waals surface area contributed by atoms with Gasteiger partial charge in [0.05, 0.1) is 6.54 Å². The van der Waals surface area contributed by atoms with Crippen molar-refractivity contribution in [1.29, 1.82) is 0 Å². The molecule has 0 spiro atoms. The second-order valence-corrected chi connectivity index (χ2v) is 4.90. The summed E-state index contributed by atoms with van der Waals surface area (Å²) in [6, 6.07) is 8.43. The summed E-state index contributed by atoms with van der Waals surface area (Å²) in [6.45, 7) is 9.49. The maximum Gasteiger partial charge on any atom is 0.242 e. The Hall–Kier alpha value is -1.51. The Morgan fingerprint density at radius 1 is 1.28 bits per heavy atom. The van der Waals surface area contributed by atoms with Crippen molar-refractivity contribution in [3.63, 3.8) is 0 Å². The fourth-order valence-electron chi connectivity index (χ4n) is 1.85. The lowest BCUT2D eigenvalue weighted by atomic mass is 10.2. The zero-order valence-electron chi connectivity index (χ0n) is 12.1. The summed E-state index contributed by atoms with van der Waals surface area (Å²) in [4.78, 5) is 16.0. The van der Waals surface area contributed by atoms with E-state index in [0.29, 0.717) is 6.54 Å². The van der Waals surface area contributed by atoms with Gasteiger partial charge in [-0.25, -0.2) is 0 Å². The van der Waals surface area contributed by atoms with Crippen molar-refractivity contribution in [3.05, 3.63) is 29.8 Å². The average molecular weight is 248 g/mol. The SMILES string of the molecule is CCN(CC(=O)N(C)C(C)C)c1ccccc1C.